The minimum Gasteiger partial charge on any atom is -0.508 e. The third-order valence-corrected chi connectivity index (χ3v) is 6.37. The van der Waals surface area contributed by atoms with Crippen molar-refractivity contribution >= 4 is 11.9 Å². The molecular weight excluding hydrogens is 416 g/mol. The number of phenolic OH excluding ortho intramolecular Hbond substituents is 1. The first-order valence-corrected chi connectivity index (χ1v) is 12.5. The van der Waals surface area contributed by atoms with Gasteiger partial charge in [-0.15, -0.1) is 0 Å². The number of phenols is 1. The van der Waals surface area contributed by atoms with Gasteiger partial charge in [0, 0.05) is 31.6 Å². The molecule has 1 aromatic rings. The van der Waals surface area contributed by atoms with E-state index in [1.165, 1.54) is 0 Å². The Bertz CT molecular complexity index is 790. The number of hydrogen-bond donors (Lipinski definition) is 2. The fraction of sp³-hybridized carbons (Fsp3) is 0.704. The summed E-state index contributed by atoms with van der Waals surface area (Å²) in [7, 11) is 0. The topological polar surface area (TPSA) is 78.9 Å². The largest absolute Gasteiger partial charge is 0.508 e. The van der Waals surface area contributed by atoms with Gasteiger partial charge in [-0.1, -0.05) is 6.07 Å². The Morgan fingerprint density at radius 2 is 1.85 bits per heavy atom. The van der Waals surface area contributed by atoms with Gasteiger partial charge < -0.3 is 15.2 Å². The zero-order valence-electron chi connectivity index (χ0n) is 21.6. The highest BCUT2D eigenvalue weighted by molar-refractivity contribution is 5.84. The van der Waals surface area contributed by atoms with Crippen LogP contribution in [0.15, 0.2) is 18.2 Å². The van der Waals surface area contributed by atoms with E-state index in [2.05, 4.69) is 37.9 Å². The summed E-state index contributed by atoms with van der Waals surface area (Å²) < 4.78 is 5.50. The smallest absolute Gasteiger partial charge is 0.306 e. The first-order chi connectivity index (χ1) is 15.4. The molecule has 1 aliphatic carbocycles. The van der Waals surface area contributed by atoms with E-state index in [4.69, 9.17) is 4.74 Å². The van der Waals surface area contributed by atoms with E-state index in [0.29, 0.717) is 31.5 Å². The van der Waals surface area contributed by atoms with Gasteiger partial charge in [0.1, 0.15) is 11.4 Å². The lowest BCUT2D eigenvalue weighted by molar-refractivity contribution is -0.155. The minimum atomic E-state index is -0.514. The summed E-state index contributed by atoms with van der Waals surface area (Å²) in [5.74, 6) is -0.275. The summed E-state index contributed by atoms with van der Waals surface area (Å²) in [5.41, 5.74) is 1.49. The first-order valence-electron chi connectivity index (χ1n) is 12.5. The Morgan fingerprint density at radius 3 is 2.45 bits per heavy atom. The van der Waals surface area contributed by atoms with Crippen molar-refractivity contribution in [1.29, 1.82) is 0 Å². The summed E-state index contributed by atoms with van der Waals surface area (Å²) >= 11 is 0. The predicted octanol–water partition coefficient (Wildman–Crippen LogP) is 4.79. The maximum absolute atomic E-state index is 13.5. The summed E-state index contributed by atoms with van der Waals surface area (Å²) in [5, 5.41) is 13.2. The molecule has 0 heterocycles. The molecule has 0 aliphatic heterocycles. The van der Waals surface area contributed by atoms with Gasteiger partial charge in [0.15, 0.2) is 0 Å². The van der Waals surface area contributed by atoms with E-state index < -0.39 is 5.60 Å². The fourth-order valence-electron chi connectivity index (χ4n) is 4.98. The fourth-order valence-corrected chi connectivity index (χ4v) is 4.98. The molecule has 1 aromatic carbocycles. The molecule has 0 saturated carbocycles. The van der Waals surface area contributed by atoms with E-state index in [1.54, 1.807) is 12.1 Å². The number of fused-ring (bicyclic) bond motifs is 1. The molecule has 186 valence electrons. The van der Waals surface area contributed by atoms with Crippen LogP contribution in [-0.2, 0) is 20.7 Å². The number of benzene rings is 1. The molecular formula is C27H44N2O4. The Balaban J connectivity index is 2.17. The molecule has 6 nitrogen and oxygen atoms in total. The van der Waals surface area contributed by atoms with Gasteiger partial charge in [-0.3, -0.25) is 14.5 Å². The van der Waals surface area contributed by atoms with Gasteiger partial charge in [-0.25, -0.2) is 0 Å². The molecule has 0 saturated heterocycles. The molecule has 2 atom stereocenters. The molecule has 2 N–H and O–H groups in total. The first kappa shape index (κ1) is 27.2. The third-order valence-electron chi connectivity index (χ3n) is 6.37. The number of ether oxygens (including phenoxy) is 1. The number of rotatable bonds is 9. The predicted molar refractivity (Wildman–Crippen MR) is 132 cm³/mol. The maximum Gasteiger partial charge on any atom is 0.306 e. The van der Waals surface area contributed by atoms with Crippen LogP contribution in [-0.4, -0.2) is 52.7 Å². The van der Waals surface area contributed by atoms with Gasteiger partial charge in [0.05, 0.1) is 5.92 Å². The number of nitrogens with zero attached hydrogens (tertiary/aromatic N) is 1. The van der Waals surface area contributed by atoms with E-state index in [9.17, 15) is 14.7 Å². The van der Waals surface area contributed by atoms with Crippen LogP contribution in [0.2, 0.25) is 0 Å². The van der Waals surface area contributed by atoms with E-state index >= 15 is 0 Å². The van der Waals surface area contributed by atoms with E-state index in [-0.39, 0.29) is 29.5 Å². The van der Waals surface area contributed by atoms with Gasteiger partial charge in [-0.2, -0.15) is 0 Å². The third kappa shape index (κ3) is 8.33. The van der Waals surface area contributed by atoms with Crippen LogP contribution in [0.3, 0.4) is 0 Å². The molecule has 1 aliphatic rings. The molecule has 0 bridgehead atoms. The molecule has 6 heteroatoms. The van der Waals surface area contributed by atoms with Crippen molar-refractivity contribution in [2.24, 2.45) is 5.92 Å². The summed E-state index contributed by atoms with van der Waals surface area (Å²) in [4.78, 5) is 28.2. The molecule has 1 amide bonds. The average Bonchev–Trinajstić information content (AvgIpc) is 2.86. The van der Waals surface area contributed by atoms with Crippen molar-refractivity contribution in [3.8, 4) is 5.75 Å². The lowest BCUT2D eigenvalue weighted by atomic mass is 9.80. The normalized spacial score (nSPS) is 18.8. The standard InChI is InChI=1S/C27H44N2O4/c1-18(2)29(19(3)4)16-15-28-26(32)25-20(11-14-24(31)33-27(5,6)7)9-8-10-21-17-22(30)12-13-23(21)25/h12-13,17-20,25,30H,8-11,14-16H2,1-7H3,(H,28,32). The number of carbonyl (C=O) groups is 2. The molecule has 2 unspecified atom stereocenters. The number of hydrogen-bond acceptors (Lipinski definition) is 5. The number of nitrogens with one attached hydrogen (secondary N) is 1. The molecule has 0 radical (unpaired) electrons. The van der Waals surface area contributed by atoms with Crippen LogP contribution >= 0.6 is 0 Å². The molecule has 0 spiro atoms. The van der Waals surface area contributed by atoms with E-state index in [0.717, 1.165) is 36.9 Å². The van der Waals surface area contributed by atoms with Crippen LogP contribution in [0.4, 0.5) is 0 Å². The van der Waals surface area contributed by atoms with Gasteiger partial charge in [0.25, 0.3) is 0 Å². The van der Waals surface area contributed by atoms with Crippen LogP contribution in [0.25, 0.3) is 0 Å². The van der Waals surface area contributed by atoms with Crippen LogP contribution in [0.5, 0.6) is 5.75 Å². The van der Waals surface area contributed by atoms with Crippen molar-refractivity contribution in [2.45, 2.75) is 104 Å². The quantitative estimate of drug-likeness (QED) is 0.409. The van der Waals surface area contributed by atoms with Gasteiger partial charge >= 0.3 is 5.97 Å². The Hall–Kier alpha value is -2.08. The van der Waals surface area contributed by atoms with Crippen molar-refractivity contribution < 1.29 is 19.4 Å². The Labute approximate surface area is 200 Å². The highest BCUT2D eigenvalue weighted by atomic mass is 16.6. The number of carbonyl (C=O) groups excluding carboxylic acids is 2. The molecule has 0 aromatic heterocycles. The summed E-state index contributed by atoms with van der Waals surface area (Å²) in [6.45, 7) is 15.7. The van der Waals surface area contributed by atoms with Crippen LogP contribution in [0, 0.1) is 5.92 Å². The molecule has 33 heavy (non-hydrogen) atoms. The van der Waals surface area contributed by atoms with Crippen molar-refractivity contribution in [1.82, 2.24) is 10.2 Å². The zero-order chi connectivity index (χ0) is 24.8. The van der Waals surface area contributed by atoms with Crippen LogP contribution < -0.4 is 5.32 Å². The van der Waals surface area contributed by atoms with Crippen LogP contribution in [0.1, 0.15) is 91.2 Å². The van der Waals surface area contributed by atoms with Crippen molar-refractivity contribution in [3.05, 3.63) is 29.3 Å². The number of aromatic hydroxyl groups is 1. The molecule has 0 fully saturated rings. The second-order valence-electron chi connectivity index (χ2n) is 10.9. The average molecular weight is 461 g/mol. The monoisotopic (exact) mass is 460 g/mol. The second kappa shape index (κ2) is 11.9. The van der Waals surface area contributed by atoms with Crippen molar-refractivity contribution in [2.75, 3.05) is 13.1 Å². The Kier molecular flexibility index (Phi) is 9.77. The highest BCUT2D eigenvalue weighted by Crippen LogP contribution is 2.39. The SMILES string of the molecule is CC(C)N(CCNC(=O)C1c2ccc(O)cc2CCCC1CCC(=O)OC(C)(C)C)C(C)C. The number of amides is 1. The van der Waals surface area contributed by atoms with Gasteiger partial charge in [0.2, 0.25) is 5.91 Å². The second-order valence-corrected chi connectivity index (χ2v) is 10.9. The van der Waals surface area contributed by atoms with Gasteiger partial charge in [-0.05, 0) is 103 Å². The number of esters is 1. The zero-order valence-corrected chi connectivity index (χ0v) is 21.6. The lowest BCUT2D eigenvalue weighted by Crippen LogP contribution is -2.44. The summed E-state index contributed by atoms with van der Waals surface area (Å²) in [6, 6.07) is 6.14. The van der Waals surface area contributed by atoms with Crippen molar-refractivity contribution in [3.63, 3.8) is 0 Å². The number of aryl methyl sites for hydroxylation is 1. The molecule has 2 rings (SSSR count). The minimum absolute atomic E-state index is 0.00508. The maximum atomic E-state index is 13.5. The Morgan fingerprint density at radius 1 is 1.18 bits per heavy atom. The lowest BCUT2D eigenvalue weighted by Gasteiger charge is -2.31. The highest BCUT2D eigenvalue weighted by Gasteiger charge is 2.34. The van der Waals surface area contributed by atoms with E-state index in [1.807, 2.05) is 26.8 Å². The summed E-state index contributed by atoms with van der Waals surface area (Å²) in [6.07, 6.45) is 3.52.